The Morgan fingerprint density at radius 2 is 1.94 bits per heavy atom. The first kappa shape index (κ1) is 17.4. The van der Waals surface area contributed by atoms with Gasteiger partial charge in [-0.2, -0.15) is 4.31 Å². The number of sulfonamides is 1. The zero-order valence-corrected chi connectivity index (χ0v) is 12.7. The molecule has 0 bridgehead atoms. The van der Waals surface area contributed by atoms with Crippen LogP contribution in [0.4, 0.5) is 0 Å². The smallest absolute Gasteiger partial charge is 0.221 e. The molecule has 0 saturated carbocycles. The van der Waals surface area contributed by atoms with Gasteiger partial charge in [0.1, 0.15) is 0 Å². The molecule has 0 radical (unpaired) electrons. The van der Waals surface area contributed by atoms with Gasteiger partial charge in [-0.05, 0) is 19.8 Å². The standard InChI is InChI=1S/C12H26N2O3S/c1-5-7-9-13-12(15)8-10-14(11(3)6-2)18(4,16)17/h11H,5-10H2,1-4H3,(H,13,15). The number of nitrogens with one attached hydrogen (secondary N) is 1. The molecule has 0 spiro atoms. The highest BCUT2D eigenvalue weighted by Gasteiger charge is 2.22. The molecule has 0 aromatic carbocycles. The molecule has 0 aliphatic carbocycles. The lowest BCUT2D eigenvalue weighted by atomic mass is 10.2. The number of hydrogen-bond acceptors (Lipinski definition) is 3. The third kappa shape index (κ3) is 6.96. The fourth-order valence-electron chi connectivity index (χ4n) is 1.62. The van der Waals surface area contributed by atoms with Gasteiger partial charge in [0.05, 0.1) is 6.26 Å². The summed E-state index contributed by atoms with van der Waals surface area (Å²) < 4.78 is 24.6. The summed E-state index contributed by atoms with van der Waals surface area (Å²) in [6, 6.07) is -0.0663. The van der Waals surface area contributed by atoms with Crippen molar-refractivity contribution in [1.82, 2.24) is 9.62 Å². The van der Waals surface area contributed by atoms with Crippen LogP contribution in [0.25, 0.3) is 0 Å². The summed E-state index contributed by atoms with van der Waals surface area (Å²) in [7, 11) is -3.24. The minimum absolute atomic E-state index is 0.0663. The predicted octanol–water partition coefficient (Wildman–Crippen LogP) is 1.35. The molecule has 1 amide bonds. The number of nitrogens with zero attached hydrogens (tertiary/aromatic N) is 1. The third-order valence-electron chi connectivity index (χ3n) is 2.92. The van der Waals surface area contributed by atoms with Crippen molar-refractivity contribution in [1.29, 1.82) is 0 Å². The van der Waals surface area contributed by atoms with Crippen molar-refractivity contribution < 1.29 is 13.2 Å². The fourth-order valence-corrected chi connectivity index (χ4v) is 2.85. The van der Waals surface area contributed by atoms with Gasteiger partial charge in [-0.25, -0.2) is 8.42 Å². The van der Waals surface area contributed by atoms with E-state index in [1.54, 1.807) is 0 Å². The Morgan fingerprint density at radius 1 is 1.33 bits per heavy atom. The Hall–Kier alpha value is -0.620. The summed E-state index contributed by atoms with van der Waals surface area (Å²) in [4.78, 5) is 11.5. The van der Waals surface area contributed by atoms with E-state index in [2.05, 4.69) is 12.2 Å². The van der Waals surface area contributed by atoms with Gasteiger partial charge >= 0.3 is 0 Å². The Balaban J connectivity index is 4.24. The van der Waals surface area contributed by atoms with Gasteiger partial charge in [0, 0.05) is 25.6 Å². The minimum Gasteiger partial charge on any atom is -0.356 e. The van der Waals surface area contributed by atoms with Crippen LogP contribution in [0.2, 0.25) is 0 Å². The van der Waals surface area contributed by atoms with E-state index in [1.165, 1.54) is 10.6 Å². The monoisotopic (exact) mass is 278 g/mol. The lowest BCUT2D eigenvalue weighted by Gasteiger charge is -2.25. The van der Waals surface area contributed by atoms with Crippen LogP contribution in [0.15, 0.2) is 0 Å². The van der Waals surface area contributed by atoms with E-state index in [9.17, 15) is 13.2 Å². The van der Waals surface area contributed by atoms with Crippen LogP contribution in [0.5, 0.6) is 0 Å². The summed E-state index contributed by atoms with van der Waals surface area (Å²) in [6.07, 6.45) is 4.13. The third-order valence-corrected chi connectivity index (χ3v) is 4.31. The fraction of sp³-hybridized carbons (Fsp3) is 0.917. The van der Waals surface area contributed by atoms with E-state index in [-0.39, 0.29) is 24.9 Å². The average Bonchev–Trinajstić information content (AvgIpc) is 2.27. The molecule has 1 N–H and O–H groups in total. The highest BCUT2D eigenvalue weighted by Crippen LogP contribution is 2.09. The average molecular weight is 278 g/mol. The molecule has 1 unspecified atom stereocenters. The largest absolute Gasteiger partial charge is 0.356 e. The number of carbonyl (C=O) groups is 1. The van der Waals surface area contributed by atoms with Crippen molar-refractivity contribution in [3.63, 3.8) is 0 Å². The molecule has 1 atom stereocenters. The zero-order valence-electron chi connectivity index (χ0n) is 11.9. The van der Waals surface area contributed by atoms with Crippen LogP contribution in [-0.4, -0.2) is 44.0 Å². The second-order valence-electron chi connectivity index (χ2n) is 4.58. The Bertz CT molecular complexity index is 341. The first-order chi connectivity index (χ1) is 8.32. The maximum absolute atomic E-state index is 11.6. The number of hydrogen-bond donors (Lipinski definition) is 1. The first-order valence-electron chi connectivity index (χ1n) is 6.56. The van der Waals surface area contributed by atoms with Crippen molar-refractivity contribution >= 4 is 15.9 Å². The summed E-state index contributed by atoms with van der Waals surface area (Å²) in [5.41, 5.74) is 0. The predicted molar refractivity (Wildman–Crippen MR) is 73.8 cm³/mol. The van der Waals surface area contributed by atoms with Crippen molar-refractivity contribution in [2.75, 3.05) is 19.3 Å². The molecule has 0 aromatic rings. The normalized spacial score (nSPS) is 13.6. The van der Waals surface area contributed by atoms with Gasteiger partial charge in [0.15, 0.2) is 0 Å². The molecule has 0 heterocycles. The summed E-state index contributed by atoms with van der Waals surface area (Å²) in [6.45, 7) is 6.77. The highest BCUT2D eigenvalue weighted by atomic mass is 32.2. The van der Waals surface area contributed by atoms with Gasteiger partial charge in [-0.15, -0.1) is 0 Å². The molecule has 108 valence electrons. The molecule has 0 rings (SSSR count). The van der Waals surface area contributed by atoms with Gasteiger partial charge in [-0.3, -0.25) is 4.79 Å². The quantitative estimate of drug-likeness (QED) is 0.647. The van der Waals surface area contributed by atoms with E-state index >= 15 is 0 Å². The van der Waals surface area contributed by atoms with Crippen LogP contribution in [0.3, 0.4) is 0 Å². The van der Waals surface area contributed by atoms with Crippen molar-refractivity contribution in [2.45, 2.75) is 52.5 Å². The summed E-state index contributed by atoms with van der Waals surface area (Å²) >= 11 is 0. The molecule has 0 fully saturated rings. The first-order valence-corrected chi connectivity index (χ1v) is 8.41. The van der Waals surface area contributed by atoms with Crippen molar-refractivity contribution in [2.24, 2.45) is 0 Å². The molecule has 5 nitrogen and oxygen atoms in total. The molecule has 0 aliphatic heterocycles. The van der Waals surface area contributed by atoms with Gasteiger partial charge in [0.2, 0.25) is 15.9 Å². The van der Waals surface area contributed by atoms with Crippen LogP contribution in [0, 0.1) is 0 Å². The Kier molecular flexibility index (Phi) is 8.18. The van der Waals surface area contributed by atoms with E-state index in [0.717, 1.165) is 19.3 Å². The maximum Gasteiger partial charge on any atom is 0.221 e. The maximum atomic E-state index is 11.6. The van der Waals surface area contributed by atoms with Crippen LogP contribution < -0.4 is 5.32 Å². The number of amides is 1. The SMILES string of the molecule is CCCCNC(=O)CCN(C(C)CC)S(C)(=O)=O. The van der Waals surface area contributed by atoms with E-state index in [0.29, 0.717) is 6.54 Å². The topological polar surface area (TPSA) is 66.5 Å². The molecular formula is C12H26N2O3S. The second-order valence-corrected chi connectivity index (χ2v) is 6.52. The van der Waals surface area contributed by atoms with Gasteiger partial charge < -0.3 is 5.32 Å². The lowest BCUT2D eigenvalue weighted by molar-refractivity contribution is -0.121. The number of rotatable bonds is 9. The molecule has 0 saturated heterocycles. The van der Waals surface area contributed by atoms with Crippen molar-refractivity contribution in [3.05, 3.63) is 0 Å². The number of carbonyl (C=O) groups excluding carboxylic acids is 1. The van der Waals surface area contributed by atoms with E-state index in [4.69, 9.17) is 0 Å². The minimum atomic E-state index is -3.24. The number of unbranched alkanes of at least 4 members (excludes halogenated alkanes) is 1. The lowest BCUT2D eigenvalue weighted by Crippen LogP contribution is -2.40. The van der Waals surface area contributed by atoms with Gasteiger partial charge in [0.25, 0.3) is 0 Å². The highest BCUT2D eigenvalue weighted by molar-refractivity contribution is 7.88. The molecule has 6 heteroatoms. The van der Waals surface area contributed by atoms with Crippen LogP contribution in [-0.2, 0) is 14.8 Å². The van der Waals surface area contributed by atoms with Gasteiger partial charge in [-0.1, -0.05) is 20.3 Å². The van der Waals surface area contributed by atoms with Crippen molar-refractivity contribution in [3.8, 4) is 0 Å². The van der Waals surface area contributed by atoms with E-state index < -0.39 is 10.0 Å². The summed E-state index contributed by atoms with van der Waals surface area (Å²) in [5.74, 6) is -0.0830. The Labute approximate surface area is 111 Å². The van der Waals surface area contributed by atoms with Crippen LogP contribution in [0.1, 0.15) is 46.5 Å². The second kappa shape index (κ2) is 8.48. The molecule has 18 heavy (non-hydrogen) atoms. The van der Waals surface area contributed by atoms with E-state index in [1.807, 2.05) is 13.8 Å². The molecule has 0 aliphatic rings. The Morgan fingerprint density at radius 3 is 2.39 bits per heavy atom. The van der Waals surface area contributed by atoms with Crippen LogP contribution >= 0.6 is 0 Å². The summed E-state index contributed by atoms with van der Waals surface area (Å²) in [5, 5.41) is 2.79. The zero-order chi connectivity index (χ0) is 14.2. The molecular weight excluding hydrogens is 252 g/mol. The molecule has 0 aromatic heterocycles.